The average Bonchev–Trinajstić information content (AvgIpc) is 3.01. The molecule has 0 aromatic rings. The predicted molar refractivity (Wildman–Crippen MR) is 95.2 cm³/mol. The molecule has 25 heavy (non-hydrogen) atoms. The summed E-state index contributed by atoms with van der Waals surface area (Å²) in [5.74, 6) is -1.42. The van der Waals surface area contributed by atoms with Crippen molar-refractivity contribution in [3.05, 3.63) is 10.6 Å². The number of nitrogens with zero attached hydrogens (tertiary/aromatic N) is 2. The van der Waals surface area contributed by atoms with E-state index in [4.69, 9.17) is 5.41 Å². The summed E-state index contributed by atoms with van der Waals surface area (Å²) in [5, 5.41) is 27.6. The van der Waals surface area contributed by atoms with Gasteiger partial charge in [0, 0.05) is 28.7 Å². The van der Waals surface area contributed by atoms with Gasteiger partial charge in [-0.25, -0.2) is 4.79 Å². The van der Waals surface area contributed by atoms with E-state index in [9.17, 15) is 19.8 Å². The number of carbonyl (C=O) groups excluding carboxylic acids is 1. The molecule has 0 saturated carbocycles. The lowest BCUT2D eigenvalue weighted by atomic mass is 9.71. The molecular weight excluding hydrogens is 342 g/mol. The van der Waals surface area contributed by atoms with Crippen LogP contribution in [0.25, 0.3) is 0 Å². The fourth-order valence-corrected chi connectivity index (χ4v) is 5.79. The second kappa shape index (κ2) is 6.02. The highest BCUT2D eigenvalue weighted by Crippen LogP contribution is 2.58. The molecule has 0 aliphatic carbocycles. The van der Waals surface area contributed by atoms with E-state index in [0.717, 1.165) is 17.9 Å². The van der Waals surface area contributed by atoms with Crippen LogP contribution in [0.3, 0.4) is 0 Å². The van der Waals surface area contributed by atoms with E-state index in [0.29, 0.717) is 12.4 Å². The fourth-order valence-electron chi connectivity index (χ4n) is 4.25. The van der Waals surface area contributed by atoms with Crippen LogP contribution in [-0.4, -0.2) is 68.2 Å². The Morgan fingerprint density at radius 2 is 2.08 bits per heavy atom. The molecule has 1 amide bonds. The first-order valence-electron chi connectivity index (χ1n) is 8.53. The minimum atomic E-state index is -1.09. The first kappa shape index (κ1) is 18.3. The number of aliphatic hydroxyl groups excluding tert-OH is 1. The maximum atomic E-state index is 12.4. The SMILES string of the molecule is CC(=N)N1CCC(SC2=C(C(=O)O)N3C(=O)C(C(C)O)[C@H]3C2(C)C)C1. The number of aliphatic hydroxyl groups is 1. The van der Waals surface area contributed by atoms with Crippen molar-refractivity contribution in [3.63, 3.8) is 0 Å². The predicted octanol–water partition coefficient (Wildman–Crippen LogP) is 1.33. The second-order valence-corrected chi connectivity index (χ2v) is 8.99. The number of hydrogen-bond donors (Lipinski definition) is 3. The standard InChI is InChI=1S/C17H25N3O4S/c1-8(21)11-13-17(3,4)14(12(16(23)24)20(13)15(11)22)25-10-5-6-19(7-10)9(2)18/h8,10-11,13,18,21H,5-7H2,1-4H3,(H,23,24)/t8?,10?,11?,13-/m0/s1. The maximum Gasteiger partial charge on any atom is 0.353 e. The molecule has 2 saturated heterocycles. The summed E-state index contributed by atoms with van der Waals surface area (Å²) in [5.41, 5.74) is -0.437. The molecule has 4 atom stereocenters. The van der Waals surface area contributed by atoms with Crippen molar-refractivity contribution in [3.8, 4) is 0 Å². The van der Waals surface area contributed by atoms with Crippen molar-refractivity contribution in [2.24, 2.45) is 11.3 Å². The quantitative estimate of drug-likeness (QED) is 0.393. The van der Waals surface area contributed by atoms with Crippen LogP contribution in [0.1, 0.15) is 34.1 Å². The van der Waals surface area contributed by atoms with Gasteiger partial charge in [0.25, 0.3) is 0 Å². The lowest BCUT2D eigenvalue weighted by molar-refractivity contribution is -0.166. The van der Waals surface area contributed by atoms with Crippen LogP contribution in [0, 0.1) is 16.7 Å². The van der Waals surface area contributed by atoms with Crippen LogP contribution in [0.15, 0.2) is 10.6 Å². The summed E-state index contributed by atoms with van der Waals surface area (Å²) in [4.78, 5) is 28.4. The zero-order valence-corrected chi connectivity index (χ0v) is 15.8. The Kier molecular flexibility index (Phi) is 4.39. The number of fused-ring (bicyclic) bond motifs is 1. The zero-order chi connectivity index (χ0) is 18.7. The van der Waals surface area contributed by atoms with E-state index >= 15 is 0 Å². The molecule has 3 aliphatic rings. The molecular formula is C17H25N3O4S. The van der Waals surface area contributed by atoms with Crippen molar-refractivity contribution < 1.29 is 19.8 Å². The highest BCUT2D eigenvalue weighted by molar-refractivity contribution is 8.03. The molecule has 0 bridgehead atoms. The molecule has 3 aliphatic heterocycles. The molecule has 3 unspecified atom stereocenters. The van der Waals surface area contributed by atoms with E-state index < -0.39 is 23.4 Å². The Labute approximate surface area is 151 Å². The number of amidine groups is 1. The lowest BCUT2D eigenvalue weighted by Gasteiger charge is -2.49. The number of carboxylic acid groups (broad SMARTS) is 1. The summed E-state index contributed by atoms with van der Waals surface area (Å²) in [6, 6.07) is -0.310. The monoisotopic (exact) mass is 367 g/mol. The molecule has 3 rings (SSSR count). The maximum absolute atomic E-state index is 12.4. The number of carbonyl (C=O) groups is 2. The molecule has 3 N–H and O–H groups in total. The molecule has 2 fully saturated rings. The Morgan fingerprint density at radius 3 is 2.56 bits per heavy atom. The van der Waals surface area contributed by atoms with E-state index in [1.165, 1.54) is 16.7 Å². The Bertz CT molecular complexity index is 673. The third-order valence-electron chi connectivity index (χ3n) is 5.55. The van der Waals surface area contributed by atoms with Gasteiger partial charge in [-0.1, -0.05) is 13.8 Å². The molecule has 8 heteroatoms. The van der Waals surface area contributed by atoms with Crippen LogP contribution >= 0.6 is 11.8 Å². The number of carboxylic acids is 1. The van der Waals surface area contributed by atoms with Crippen molar-refractivity contribution in [2.45, 2.75) is 51.5 Å². The summed E-state index contributed by atoms with van der Waals surface area (Å²) in [7, 11) is 0. The highest BCUT2D eigenvalue weighted by Gasteiger charge is 2.64. The summed E-state index contributed by atoms with van der Waals surface area (Å²) >= 11 is 1.53. The topological polar surface area (TPSA) is 105 Å². The van der Waals surface area contributed by atoms with E-state index in [-0.39, 0.29) is 22.9 Å². The number of nitrogens with one attached hydrogen (secondary N) is 1. The van der Waals surface area contributed by atoms with Crippen LogP contribution < -0.4 is 0 Å². The van der Waals surface area contributed by atoms with E-state index in [1.807, 2.05) is 18.7 Å². The van der Waals surface area contributed by atoms with Gasteiger partial charge < -0.3 is 20.0 Å². The van der Waals surface area contributed by atoms with Gasteiger partial charge in [0.05, 0.1) is 23.9 Å². The second-order valence-electron chi connectivity index (χ2n) is 7.68. The van der Waals surface area contributed by atoms with Gasteiger partial charge in [-0.15, -0.1) is 11.8 Å². The number of rotatable bonds is 4. The zero-order valence-electron chi connectivity index (χ0n) is 14.9. The van der Waals surface area contributed by atoms with Crippen LogP contribution in [0.5, 0.6) is 0 Å². The van der Waals surface area contributed by atoms with E-state index in [1.54, 1.807) is 13.8 Å². The van der Waals surface area contributed by atoms with Gasteiger partial charge in [-0.3, -0.25) is 10.2 Å². The number of β-lactam (4-membered cyclic amide) rings is 1. The molecule has 0 aromatic heterocycles. The summed E-state index contributed by atoms with van der Waals surface area (Å²) in [6.07, 6.45) is 0.0844. The van der Waals surface area contributed by atoms with Gasteiger partial charge in [0.15, 0.2) is 0 Å². The van der Waals surface area contributed by atoms with Crippen molar-refractivity contribution in [2.75, 3.05) is 13.1 Å². The van der Waals surface area contributed by atoms with Gasteiger partial charge in [0.1, 0.15) is 5.70 Å². The van der Waals surface area contributed by atoms with Crippen molar-refractivity contribution >= 4 is 29.5 Å². The molecule has 0 spiro atoms. The number of likely N-dealkylation sites (tertiary alicyclic amines) is 1. The number of amides is 1. The first-order chi connectivity index (χ1) is 11.6. The normalized spacial score (nSPS) is 31.9. The minimum Gasteiger partial charge on any atom is -0.477 e. The summed E-state index contributed by atoms with van der Waals surface area (Å²) in [6.45, 7) is 8.77. The number of hydrogen-bond acceptors (Lipinski definition) is 5. The van der Waals surface area contributed by atoms with E-state index in [2.05, 4.69) is 0 Å². The minimum absolute atomic E-state index is 0.0759. The van der Waals surface area contributed by atoms with Crippen LogP contribution in [0.4, 0.5) is 0 Å². The smallest absolute Gasteiger partial charge is 0.353 e. The van der Waals surface area contributed by atoms with Crippen LogP contribution in [0.2, 0.25) is 0 Å². The van der Waals surface area contributed by atoms with Gasteiger partial charge in [0.2, 0.25) is 5.91 Å². The van der Waals surface area contributed by atoms with Crippen molar-refractivity contribution in [1.29, 1.82) is 5.41 Å². The molecule has 0 radical (unpaired) electrons. The third kappa shape index (κ3) is 2.66. The Balaban J connectivity index is 1.90. The molecule has 3 heterocycles. The lowest BCUT2D eigenvalue weighted by Crippen LogP contribution is -2.65. The Morgan fingerprint density at radius 1 is 1.44 bits per heavy atom. The molecule has 138 valence electrons. The van der Waals surface area contributed by atoms with Gasteiger partial charge >= 0.3 is 5.97 Å². The molecule has 0 aromatic carbocycles. The molecule has 7 nitrogen and oxygen atoms in total. The van der Waals surface area contributed by atoms with Gasteiger partial charge in [-0.2, -0.15) is 0 Å². The fraction of sp³-hybridized carbons (Fsp3) is 0.706. The highest BCUT2D eigenvalue weighted by atomic mass is 32.2. The van der Waals surface area contributed by atoms with Crippen molar-refractivity contribution in [1.82, 2.24) is 9.80 Å². The van der Waals surface area contributed by atoms with Gasteiger partial charge in [-0.05, 0) is 20.3 Å². The van der Waals surface area contributed by atoms with Crippen LogP contribution in [-0.2, 0) is 9.59 Å². The number of thioether (sulfide) groups is 1. The largest absolute Gasteiger partial charge is 0.477 e. The average molecular weight is 367 g/mol. The Hall–Kier alpha value is -1.54. The third-order valence-corrected chi connectivity index (χ3v) is 7.22. The summed E-state index contributed by atoms with van der Waals surface area (Å²) < 4.78 is 0. The number of aliphatic carboxylic acids is 1. The first-order valence-corrected chi connectivity index (χ1v) is 9.41.